The van der Waals surface area contributed by atoms with Crippen molar-refractivity contribution in [2.24, 2.45) is 10.7 Å². The largest absolute Gasteiger partial charge is 0.398 e. The van der Waals surface area contributed by atoms with Crippen molar-refractivity contribution in [3.8, 4) is 6.07 Å². The Kier molecular flexibility index (Phi) is 7.19. The van der Waals surface area contributed by atoms with Gasteiger partial charge in [-0.25, -0.2) is 0 Å². The topological polar surface area (TPSA) is 140 Å². The summed E-state index contributed by atoms with van der Waals surface area (Å²) in [5.74, 6) is -0.584. The number of aromatic nitrogens is 2. The Bertz CT molecular complexity index is 1040. The van der Waals surface area contributed by atoms with Gasteiger partial charge in [0.15, 0.2) is 0 Å². The van der Waals surface area contributed by atoms with Gasteiger partial charge in [0.2, 0.25) is 0 Å². The maximum Gasteiger partial charge on any atom is 0.271 e. The standard InChI is InChI=1S/C18H16B3ClN6O2/c1-17(19,30)15-7-14(27-28-15)16(29)25-9-18(20,21)26-5-4-13(24)10-2-3-11(8-23)12(22)6-10/h2-7,30H,9,24H2,1H3,(H,25,29)(H,27,28). The summed E-state index contributed by atoms with van der Waals surface area (Å²) in [5.41, 5.74) is 5.70. The Hall–Kier alpha value is -2.96. The highest BCUT2D eigenvalue weighted by atomic mass is 35.5. The van der Waals surface area contributed by atoms with E-state index in [-0.39, 0.29) is 23.0 Å². The number of H-pyrrole nitrogens is 1. The van der Waals surface area contributed by atoms with E-state index in [9.17, 15) is 9.90 Å². The Morgan fingerprint density at radius 1 is 1.47 bits per heavy atom. The lowest BCUT2D eigenvalue weighted by molar-refractivity contribution is 0.0947. The average Bonchev–Trinajstić information content (AvgIpc) is 3.16. The van der Waals surface area contributed by atoms with Gasteiger partial charge in [-0.2, -0.15) is 10.4 Å². The third-order valence-corrected chi connectivity index (χ3v) is 4.19. The number of hydrogen-bond donors (Lipinski definition) is 4. The van der Waals surface area contributed by atoms with E-state index in [2.05, 4.69) is 20.5 Å². The SMILES string of the molecule is [B]C([B])(CNC(=O)c1cc(C([B])(C)O)[nH]n1)N=CC=C(N)c1ccc(C#N)c(Cl)c1. The molecule has 2 aromatic rings. The number of aliphatic hydroxyl groups is 1. The molecule has 0 bridgehead atoms. The number of benzene rings is 1. The van der Waals surface area contributed by atoms with Crippen LogP contribution in [0, 0.1) is 11.3 Å². The van der Waals surface area contributed by atoms with Crippen LogP contribution in [0.1, 0.15) is 34.2 Å². The summed E-state index contributed by atoms with van der Waals surface area (Å²) in [6.45, 7) is 1.13. The molecule has 0 aliphatic rings. The zero-order valence-corrected chi connectivity index (χ0v) is 16.8. The Morgan fingerprint density at radius 2 is 2.17 bits per heavy atom. The molecule has 0 aliphatic carbocycles. The molecule has 1 aromatic carbocycles. The average molecular weight is 416 g/mol. The second-order valence-corrected chi connectivity index (χ2v) is 7.10. The lowest BCUT2D eigenvalue weighted by Crippen LogP contribution is -2.42. The Balaban J connectivity index is 1.98. The summed E-state index contributed by atoms with van der Waals surface area (Å²) in [6.07, 6.45) is 2.75. The summed E-state index contributed by atoms with van der Waals surface area (Å²) in [5, 5.41) is 26.0. The lowest BCUT2D eigenvalue weighted by atomic mass is 9.62. The predicted molar refractivity (Wildman–Crippen MR) is 117 cm³/mol. The minimum atomic E-state index is -1.66. The molecule has 0 spiro atoms. The van der Waals surface area contributed by atoms with E-state index >= 15 is 0 Å². The number of aromatic amines is 1. The van der Waals surface area contributed by atoms with Crippen molar-refractivity contribution < 1.29 is 9.90 Å². The van der Waals surface area contributed by atoms with Crippen LogP contribution in [-0.2, 0) is 5.50 Å². The van der Waals surface area contributed by atoms with E-state index in [0.717, 1.165) is 0 Å². The Morgan fingerprint density at radius 3 is 2.73 bits per heavy atom. The number of allylic oxidation sites excluding steroid dienone is 1. The molecule has 30 heavy (non-hydrogen) atoms. The van der Waals surface area contributed by atoms with Gasteiger partial charge in [0.05, 0.1) is 37.5 Å². The van der Waals surface area contributed by atoms with Gasteiger partial charge in [0, 0.05) is 23.8 Å². The molecule has 0 saturated carbocycles. The fraction of sp³-hybridized carbons (Fsp3) is 0.222. The zero-order chi connectivity index (χ0) is 22.5. The molecule has 0 fully saturated rings. The van der Waals surface area contributed by atoms with Crippen molar-refractivity contribution in [2.45, 2.75) is 17.8 Å². The first-order valence-electron chi connectivity index (χ1n) is 8.57. The fourth-order valence-corrected chi connectivity index (χ4v) is 2.42. The van der Waals surface area contributed by atoms with Crippen molar-refractivity contribution in [3.63, 3.8) is 0 Å². The van der Waals surface area contributed by atoms with Crippen LogP contribution in [0.2, 0.25) is 5.02 Å². The van der Waals surface area contributed by atoms with Crippen LogP contribution in [0.25, 0.3) is 5.70 Å². The molecule has 1 aromatic heterocycles. The number of nitrogens with two attached hydrogens (primary N) is 1. The number of hydrogen-bond acceptors (Lipinski definition) is 6. The molecular weight excluding hydrogens is 400 g/mol. The van der Waals surface area contributed by atoms with E-state index in [0.29, 0.717) is 16.8 Å². The third kappa shape index (κ3) is 6.27. The molecule has 1 atom stereocenters. The Labute approximate surface area is 182 Å². The minimum absolute atomic E-state index is 0.00246. The maximum atomic E-state index is 12.1. The second kappa shape index (κ2) is 9.24. The van der Waals surface area contributed by atoms with Crippen LogP contribution in [0.5, 0.6) is 0 Å². The van der Waals surface area contributed by atoms with Crippen molar-refractivity contribution in [2.75, 3.05) is 6.54 Å². The summed E-state index contributed by atoms with van der Waals surface area (Å²) < 4.78 is 0. The molecule has 8 nitrogen and oxygen atoms in total. The van der Waals surface area contributed by atoms with Crippen molar-refractivity contribution in [1.82, 2.24) is 15.5 Å². The number of rotatable bonds is 7. The number of halogens is 1. The van der Waals surface area contributed by atoms with Crippen LogP contribution in [0.3, 0.4) is 0 Å². The van der Waals surface area contributed by atoms with E-state index in [4.69, 9.17) is 46.1 Å². The number of nitrogens with one attached hydrogen (secondary N) is 2. The minimum Gasteiger partial charge on any atom is -0.398 e. The van der Waals surface area contributed by atoms with Gasteiger partial charge in [-0.15, -0.1) is 0 Å². The maximum absolute atomic E-state index is 12.1. The van der Waals surface area contributed by atoms with Gasteiger partial charge < -0.3 is 21.1 Å². The fourth-order valence-electron chi connectivity index (χ4n) is 2.19. The van der Waals surface area contributed by atoms with Crippen LogP contribution in [0.4, 0.5) is 0 Å². The van der Waals surface area contributed by atoms with Crippen LogP contribution in [-0.4, -0.2) is 62.8 Å². The van der Waals surface area contributed by atoms with Gasteiger partial charge in [0.1, 0.15) is 19.6 Å². The van der Waals surface area contributed by atoms with Crippen LogP contribution in [0.15, 0.2) is 35.3 Å². The molecule has 1 heterocycles. The first kappa shape index (κ1) is 23.3. The van der Waals surface area contributed by atoms with Gasteiger partial charge in [-0.1, -0.05) is 17.7 Å². The van der Waals surface area contributed by atoms with Crippen molar-refractivity contribution in [1.29, 1.82) is 5.26 Å². The molecule has 0 aliphatic heterocycles. The molecule has 2 rings (SSSR count). The smallest absolute Gasteiger partial charge is 0.271 e. The second-order valence-electron chi connectivity index (χ2n) is 6.69. The molecule has 5 N–H and O–H groups in total. The van der Waals surface area contributed by atoms with E-state index in [1.807, 2.05) is 6.07 Å². The summed E-state index contributed by atoms with van der Waals surface area (Å²) in [7, 11) is 17.2. The molecule has 12 heteroatoms. The molecule has 146 valence electrons. The molecule has 0 saturated heterocycles. The lowest BCUT2D eigenvalue weighted by Gasteiger charge is -2.20. The number of aliphatic imine (C=N–C) groups is 1. The van der Waals surface area contributed by atoms with Crippen LogP contribution >= 0.6 is 11.6 Å². The highest BCUT2D eigenvalue weighted by Crippen LogP contribution is 2.20. The first-order valence-corrected chi connectivity index (χ1v) is 8.95. The van der Waals surface area contributed by atoms with Gasteiger partial charge in [0.25, 0.3) is 5.91 Å². The highest BCUT2D eigenvalue weighted by Gasteiger charge is 2.22. The summed E-state index contributed by atoms with van der Waals surface area (Å²) >= 11 is 5.98. The summed E-state index contributed by atoms with van der Waals surface area (Å²) in [6, 6.07) is 8.00. The van der Waals surface area contributed by atoms with E-state index in [1.54, 1.807) is 18.2 Å². The monoisotopic (exact) mass is 416 g/mol. The van der Waals surface area contributed by atoms with Gasteiger partial charge in [-0.05, 0) is 36.8 Å². The van der Waals surface area contributed by atoms with Crippen molar-refractivity contribution >= 4 is 53.0 Å². The third-order valence-electron chi connectivity index (χ3n) is 3.88. The molecule has 1 amide bonds. The van der Waals surface area contributed by atoms with Gasteiger partial charge >= 0.3 is 0 Å². The van der Waals surface area contributed by atoms with E-state index < -0.39 is 16.7 Å². The number of nitrogens with zero attached hydrogens (tertiary/aromatic N) is 3. The molecular formula is C18H16B3ClN6O2. The van der Waals surface area contributed by atoms with Crippen LogP contribution < -0.4 is 11.1 Å². The predicted octanol–water partition coefficient (Wildman–Crippen LogP) is 0.0595. The highest BCUT2D eigenvalue weighted by molar-refractivity contribution is 6.41. The quantitative estimate of drug-likeness (QED) is 0.373. The van der Waals surface area contributed by atoms with Crippen molar-refractivity contribution in [3.05, 3.63) is 57.9 Å². The molecule has 1 unspecified atom stereocenters. The van der Waals surface area contributed by atoms with E-state index in [1.165, 1.54) is 25.3 Å². The number of carbonyl (C=O) groups is 1. The normalized spacial score (nSPS) is 14.3. The summed E-state index contributed by atoms with van der Waals surface area (Å²) in [4.78, 5) is 16.1. The zero-order valence-electron chi connectivity index (χ0n) is 16.1. The number of nitriles is 1. The number of carbonyl (C=O) groups excluding carboxylic acids is 1. The van der Waals surface area contributed by atoms with Gasteiger partial charge in [-0.3, -0.25) is 9.89 Å². The molecule has 6 radical (unpaired) electrons. The first-order chi connectivity index (χ1) is 13.9. The number of amides is 1.